The van der Waals surface area contributed by atoms with Crippen molar-refractivity contribution in [1.82, 2.24) is 0 Å². The van der Waals surface area contributed by atoms with Crippen LogP contribution in [0.4, 0.5) is 18.9 Å². The highest BCUT2D eigenvalue weighted by atomic mass is 32.2. The Balaban J connectivity index is 3.60. The second kappa shape index (κ2) is 4.56. The smallest absolute Gasteiger partial charge is 0.258 e. The van der Waals surface area contributed by atoms with Crippen LogP contribution in [0.5, 0.6) is 0 Å². The van der Waals surface area contributed by atoms with Crippen molar-refractivity contribution in [1.29, 1.82) is 0 Å². The van der Waals surface area contributed by atoms with Crippen LogP contribution in [0.25, 0.3) is 0 Å². The first kappa shape index (κ1) is 14.4. The van der Waals surface area contributed by atoms with Crippen molar-refractivity contribution in [2.24, 2.45) is 0 Å². The van der Waals surface area contributed by atoms with E-state index in [4.69, 9.17) is 0 Å². The third-order valence-electron chi connectivity index (χ3n) is 2.19. The van der Waals surface area contributed by atoms with E-state index in [0.717, 1.165) is 6.07 Å². The first-order chi connectivity index (χ1) is 8.09. The molecule has 1 rings (SSSR count). The Labute approximate surface area is 100 Å². The summed E-state index contributed by atoms with van der Waals surface area (Å²) in [5.41, 5.74) is -2.32. The largest absolute Gasteiger partial charge is 0.417 e. The Bertz CT molecular complexity index is 580. The van der Waals surface area contributed by atoms with Crippen LogP contribution >= 0.6 is 0 Å². The fourth-order valence-corrected chi connectivity index (χ4v) is 2.38. The molecule has 0 aliphatic heterocycles. The van der Waals surface area contributed by atoms with Crippen LogP contribution in [-0.2, 0) is 16.0 Å². The molecule has 0 spiro atoms. The summed E-state index contributed by atoms with van der Waals surface area (Å²) in [6.07, 6.45) is -4.97. The van der Waals surface area contributed by atoms with E-state index in [1.165, 1.54) is 6.92 Å². The number of nitro groups is 1. The van der Waals surface area contributed by atoms with Gasteiger partial charge in [0, 0.05) is 12.1 Å². The maximum Gasteiger partial charge on any atom is 0.417 e. The molecule has 100 valence electrons. The topological polar surface area (TPSA) is 77.3 Å². The minimum Gasteiger partial charge on any atom is -0.258 e. The minimum absolute atomic E-state index is 0.225. The lowest BCUT2D eigenvalue weighted by atomic mass is 10.2. The van der Waals surface area contributed by atoms with Gasteiger partial charge in [0.25, 0.3) is 5.69 Å². The van der Waals surface area contributed by atoms with Gasteiger partial charge in [0.2, 0.25) is 0 Å². The zero-order valence-electron chi connectivity index (χ0n) is 9.06. The maximum atomic E-state index is 12.7. The number of alkyl halides is 3. The van der Waals surface area contributed by atoms with Crippen molar-refractivity contribution in [3.8, 4) is 0 Å². The van der Waals surface area contributed by atoms with E-state index in [0.29, 0.717) is 6.07 Å². The molecule has 0 heterocycles. The first-order valence-electron chi connectivity index (χ1n) is 4.68. The fraction of sp³-hybridized carbons (Fsp3) is 0.333. The molecule has 1 aromatic rings. The van der Waals surface area contributed by atoms with Gasteiger partial charge in [-0.3, -0.25) is 10.1 Å². The second-order valence-electron chi connectivity index (χ2n) is 3.34. The Morgan fingerprint density at radius 1 is 1.33 bits per heavy atom. The SMILES string of the molecule is CCS(=O)(=O)c1ccc([N+](=O)[O-])cc1C(F)(F)F. The van der Waals surface area contributed by atoms with E-state index in [-0.39, 0.29) is 6.07 Å². The van der Waals surface area contributed by atoms with Crippen molar-refractivity contribution in [3.63, 3.8) is 0 Å². The molecular formula is C9H8F3NO4S. The van der Waals surface area contributed by atoms with Gasteiger partial charge in [-0.1, -0.05) is 6.92 Å². The average molecular weight is 283 g/mol. The molecule has 0 aliphatic carbocycles. The van der Waals surface area contributed by atoms with E-state index in [9.17, 15) is 31.7 Å². The fourth-order valence-electron chi connectivity index (χ4n) is 1.28. The maximum absolute atomic E-state index is 12.7. The molecular weight excluding hydrogens is 275 g/mol. The molecule has 0 fully saturated rings. The van der Waals surface area contributed by atoms with Crippen LogP contribution < -0.4 is 0 Å². The van der Waals surface area contributed by atoms with Crippen molar-refractivity contribution in [3.05, 3.63) is 33.9 Å². The zero-order valence-corrected chi connectivity index (χ0v) is 9.88. The molecule has 0 atom stereocenters. The lowest BCUT2D eigenvalue weighted by Gasteiger charge is -2.12. The summed E-state index contributed by atoms with van der Waals surface area (Å²) in [4.78, 5) is 8.44. The van der Waals surface area contributed by atoms with Gasteiger partial charge < -0.3 is 0 Å². The standard InChI is InChI=1S/C9H8F3NO4S/c1-2-18(16,17)8-4-3-6(13(14)15)5-7(8)9(10,11)12/h3-5H,2H2,1H3. The summed E-state index contributed by atoms with van der Waals surface area (Å²) in [7, 11) is -4.10. The van der Waals surface area contributed by atoms with Gasteiger partial charge in [-0.2, -0.15) is 13.2 Å². The summed E-state index contributed by atoms with van der Waals surface area (Å²) in [6.45, 7) is 1.19. The van der Waals surface area contributed by atoms with Crippen LogP contribution in [0.15, 0.2) is 23.1 Å². The monoisotopic (exact) mass is 283 g/mol. The molecule has 0 saturated carbocycles. The minimum atomic E-state index is -4.97. The number of halogens is 3. The Hall–Kier alpha value is -1.64. The summed E-state index contributed by atoms with van der Waals surface area (Å²) >= 11 is 0. The van der Waals surface area contributed by atoms with Gasteiger partial charge in [-0.15, -0.1) is 0 Å². The van der Waals surface area contributed by atoms with Crippen molar-refractivity contribution in [2.45, 2.75) is 18.0 Å². The van der Waals surface area contributed by atoms with E-state index >= 15 is 0 Å². The predicted octanol–water partition coefficient (Wildman–Crippen LogP) is 2.41. The molecule has 9 heteroatoms. The summed E-state index contributed by atoms with van der Waals surface area (Å²) in [5, 5.41) is 10.4. The van der Waals surface area contributed by atoms with E-state index in [2.05, 4.69) is 0 Å². The summed E-state index contributed by atoms with van der Waals surface area (Å²) < 4.78 is 61.0. The number of nitro benzene ring substituents is 1. The molecule has 0 unspecified atom stereocenters. The number of sulfone groups is 1. The van der Waals surface area contributed by atoms with Gasteiger partial charge in [0.15, 0.2) is 9.84 Å². The van der Waals surface area contributed by atoms with Crippen LogP contribution in [0.2, 0.25) is 0 Å². The number of nitrogens with zero attached hydrogens (tertiary/aromatic N) is 1. The number of rotatable bonds is 3. The molecule has 0 aliphatic rings. The molecule has 0 N–H and O–H groups in total. The van der Waals surface area contributed by atoms with Crippen LogP contribution in [-0.4, -0.2) is 19.1 Å². The number of non-ortho nitro benzene ring substituents is 1. The van der Waals surface area contributed by atoms with Gasteiger partial charge in [0.1, 0.15) is 0 Å². The highest BCUT2D eigenvalue weighted by Crippen LogP contribution is 2.36. The summed E-state index contributed by atoms with van der Waals surface area (Å²) in [5.74, 6) is -0.520. The molecule has 1 aromatic carbocycles. The molecule has 0 amide bonds. The average Bonchev–Trinajstić information content (AvgIpc) is 2.27. The van der Waals surface area contributed by atoms with Gasteiger partial charge in [-0.05, 0) is 6.07 Å². The lowest BCUT2D eigenvalue weighted by molar-refractivity contribution is -0.385. The van der Waals surface area contributed by atoms with Crippen molar-refractivity contribution < 1.29 is 26.5 Å². The molecule has 18 heavy (non-hydrogen) atoms. The Kier molecular flexibility index (Phi) is 3.65. The predicted molar refractivity (Wildman–Crippen MR) is 55.8 cm³/mol. The van der Waals surface area contributed by atoms with Crippen molar-refractivity contribution >= 4 is 15.5 Å². The van der Waals surface area contributed by atoms with Gasteiger partial charge in [-0.25, -0.2) is 8.42 Å². The van der Waals surface area contributed by atoms with Crippen LogP contribution in [0.1, 0.15) is 12.5 Å². The normalized spacial score (nSPS) is 12.4. The quantitative estimate of drug-likeness (QED) is 0.630. The van der Waals surface area contributed by atoms with Crippen molar-refractivity contribution in [2.75, 3.05) is 5.75 Å². The lowest BCUT2D eigenvalue weighted by Crippen LogP contribution is -2.15. The molecule has 0 aromatic heterocycles. The molecule has 0 radical (unpaired) electrons. The highest BCUT2D eigenvalue weighted by Gasteiger charge is 2.38. The van der Waals surface area contributed by atoms with E-state index < -0.39 is 42.8 Å². The van der Waals surface area contributed by atoms with E-state index in [1.54, 1.807) is 0 Å². The van der Waals surface area contributed by atoms with Gasteiger partial charge >= 0.3 is 6.18 Å². The van der Waals surface area contributed by atoms with Crippen LogP contribution in [0, 0.1) is 10.1 Å². The third kappa shape index (κ3) is 2.78. The second-order valence-corrected chi connectivity index (χ2v) is 5.59. The summed E-state index contributed by atoms with van der Waals surface area (Å²) in [6, 6.07) is 1.57. The zero-order chi connectivity index (χ0) is 14.1. The Morgan fingerprint density at radius 3 is 2.28 bits per heavy atom. The molecule has 0 saturated heterocycles. The number of hydrogen-bond donors (Lipinski definition) is 0. The molecule has 0 bridgehead atoms. The Morgan fingerprint density at radius 2 is 1.89 bits per heavy atom. The number of hydrogen-bond acceptors (Lipinski definition) is 4. The van der Waals surface area contributed by atoms with Gasteiger partial charge in [0.05, 0.1) is 21.1 Å². The molecule has 5 nitrogen and oxygen atoms in total. The third-order valence-corrected chi connectivity index (χ3v) is 3.98. The van der Waals surface area contributed by atoms with Crippen LogP contribution in [0.3, 0.4) is 0 Å². The highest BCUT2D eigenvalue weighted by molar-refractivity contribution is 7.91. The number of benzene rings is 1. The van der Waals surface area contributed by atoms with E-state index in [1.807, 2.05) is 0 Å². The first-order valence-corrected chi connectivity index (χ1v) is 6.33.